The Bertz CT molecular complexity index is 1190. The van der Waals surface area contributed by atoms with Crippen LogP contribution in [0.15, 0.2) is 60.0 Å². The van der Waals surface area contributed by atoms with Gasteiger partial charge in [-0.05, 0) is 30.2 Å². The molecule has 1 aromatic heterocycles. The maximum atomic E-state index is 12.4. The van der Waals surface area contributed by atoms with Crippen LogP contribution in [0.25, 0.3) is 0 Å². The summed E-state index contributed by atoms with van der Waals surface area (Å²) in [5.74, 6) is -0.326. The lowest BCUT2D eigenvalue weighted by molar-refractivity contribution is -0.268. The SMILES string of the molecule is CC(=O)O[C@@H](C)C(=O)Nc1cccc([C@H]2O[C@@H](CSc3ncn[nH]3)[C@@H](C)[C@@H](c3ccc(CO)cc3)O2)c1. The molecule has 5 atom stereocenters. The van der Waals surface area contributed by atoms with Crippen LogP contribution >= 0.6 is 11.8 Å². The van der Waals surface area contributed by atoms with Crippen molar-refractivity contribution in [3.8, 4) is 0 Å². The number of thioether (sulfide) groups is 1. The zero-order valence-corrected chi connectivity index (χ0v) is 21.6. The first-order chi connectivity index (χ1) is 17.8. The molecule has 1 aliphatic heterocycles. The van der Waals surface area contributed by atoms with Gasteiger partial charge >= 0.3 is 5.97 Å². The number of ether oxygens (including phenoxy) is 3. The molecule has 2 aromatic carbocycles. The molecule has 4 rings (SSSR count). The van der Waals surface area contributed by atoms with Crippen molar-refractivity contribution in [2.45, 2.75) is 57.1 Å². The summed E-state index contributed by atoms with van der Waals surface area (Å²) in [4.78, 5) is 27.8. The van der Waals surface area contributed by atoms with Crippen molar-refractivity contribution in [3.05, 3.63) is 71.5 Å². The number of benzene rings is 2. The highest BCUT2D eigenvalue weighted by atomic mass is 32.2. The van der Waals surface area contributed by atoms with Crippen molar-refractivity contribution >= 4 is 29.3 Å². The van der Waals surface area contributed by atoms with Crippen molar-refractivity contribution in [2.24, 2.45) is 5.92 Å². The van der Waals surface area contributed by atoms with Crippen molar-refractivity contribution in [3.63, 3.8) is 0 Å². The highest BCUT2D eigenvalue weighted by molar-refractivity contribution is 7.99. The highest BCUT2D eigenvalue weighted by Gasteiger charge is 2.38. The topological polar surface area (TPSA) is 136 Å². The Labute approximate surface area is 219 Å². The number of aliphatic hydroxyl groups is 1. The predicted molar refractivity (Wildman–Crippen MR) is 136 cm³/mol. The number of aromatic nitrogens is 3. The van der Waals surface area contributed by atoms with Gasteiger partial charge in [0, 0.05) is 29.8 Å². The number of carbonyl (C=O) groups excluding carboxylic acids is 2. The van der Waals surface area contributed by atoms with Gasteiger partial charge in [-0.25, -0.2) is 4.98 Å². The van der Waals surface area contributed by atoms with Gasteiger partial charge in [-0.15, -0.1) is 0 Å². The molecule has 3 aromatic rings. The van der Waals surface area contributed by atoms with E-state index in [2.05, 4.69) is 27.4 Å². The van der Waals surface area contributed by atoms with Gasteiger partial charge < -0.3 is 24.6 Å². The van der Waals surface area contributed by atoms with Gasteiger partial charge in [-0.3, -0.25) is 14.7 Å². The molecule has 37 heavy (non-hydrogen) atoms. The van der Waals surface area contributed by atoms with Crippen molar-refractivity contribution in [1.29, 1.82) is 0 Å². The molecule has 0 radical (unpaired) electrons. The standard InChI is InChI=1S/C26H30N4O6S/c1-15-22(13-37-26-27-14-28-30-26)35-25(36-23(15)19-9-7-18(12-31)8-10-19)20-5-4-6-21(11-20)29-24(33)16(2)34-17(3)32/h4-11,14-16,22-23,25,31H,12-13H2,1-3H3,(H,29,33)(H,27,28,30)/t15-,16+,22+,23+,25+/m1/s1. The molecule has 1 amide bonds. The number of aliphatic hydroxyl groups excluding tert-OH is 1. The number of H-pyrrole nitrogens is 1. The normalized spacial score (nSPS) is 22.3. The lowest BCUT2D eigenvalue weighted by atomic mass is 9.91. The molecule has 0 saturated carbocycles. The number of aromatic amines is 1. The average molecular weight is 527 g/mol. The number of nitrogens with one attached hydrogen (secondary N) is 2. The summed E-state index contributed by atoms with van der Waals surface area (Å²) in [6, 6.07) is 14.9. The molecule has 0 aliphatic carbocycles. The molecule has 3 N–H and O–H groups in total. The van der Waals surface area contributed by atoms with Crippen LogP contribution in [0, 0.1) is 5.92 Å². The van der Waals surface area contributed by atoms with Crippen LogP contribution in [0.1, 0.15) is 49.9 Å². The number of hydrogen-bond acceptors (Lipinski definition) is 9. The zero-order valence-electron chi connectivity index (χ0n) is 20.8. The van der Waals surface area contributed by atoms with Crippen molar-refractivity contribution in [2.75, 3.05) is 11.1 Å². The fourth-order valence-electron chi connectivity index (χ4n) is 4.04. The van der Waals surface area contributed by atoms with Gasteiger partial charge in [0.2, 0.25) is 0 Å². The molecular formula is C26H30N4O6S. The van der Waals surface area contributed by atoms with Crippen LogP contribution in [0.2, 0.25) is 0 Å². The smallest absolute Gasteiger partial charge is 0.303 e. The second-order valence-electron chi connectivity index (χ2n) is 8.79. The quantitative estimate of drug-likeness (QED) is 0.281. The van der Waals surface area contributed by atoms with E-state index >= 15 is 0 Å². The van der Waals surface area contributed by atoms with Gasteiger partial charge in [0.25, 0.3) is 5.91 Å². The minimum absolute atomic E-state index is 0.0131. The van der Waals surface area contributed by atoms with E-state index in [1.54, 1.807) is 18.2 Å². The average Bonchev–Trinajstić information content (AvgIpc) is 3.42. The van der Waals surface area contributed by atoms with Gasteiger partial charge in [-0.2, -0.15) is 5.10 Å². The monoisotopic (exact) mass is 526 g/mol. The summed E-state index contributed by atoms with van der Waals surface area (Å²) >= 11 is 1.52. The number of esters is 1. The van der Waals surface area contributed by atoms with E-state index in [0.717, 1.165) is 16.7 Å². The van der Waals surface area contributed by atoms with Crippen LogP contribution in [-0.4, -0.2) is 50.1 Å². The number of nitrogens with zero attached hydrogens (tertiary/aromatic N) is 2. The maximum Gasteiger partial charge on any atom is 0.303 e. The van der Waals surface area contributed by atoms with Crippen LogP contribution in [-0.2, 0) is 30.4 Å². The molecule has 196 valence electrons. The molecule has 10 nitrogen and oxygen atoms in total. The number of carbonyl (C=O) groups is 2. The van der Waals surface area contributed by atoms with Crippen molar-refractivity contribution < 1.29 is 28.9 Å². The third kappa shape index (κ3) is 6.95. The Morgan fingerprint density at radius 1 is 1.19 bits per heavy atom. The lowest BCUT2D eigenvalue weighted by Gasteiger charge is -2.41. The van der Waals surface area contributed by atoms with E-state index in [4.69, 9.17) is 14.2 Å². The molecule has 1 saturated heterocycles. The first kappa shape index (κ1) is 26.8. The summed E-state index contributed by atoms with van der Waals surface area (Å²) in [5.41, 5.74) is 3.07. The highest BCUT2D eigenvalue weighted by Crippen LogP contribution is 2.43. The third-order valence-corrected chi connectivity index (χ3v) is 7.00. The maximum absolute atomic E-state index is 12.4. The van der Waals surface area contributed by atoms with Crippen LogP contribution in [0.4, 0.5) is 5.69 Å². The van der Waals surface area contributed by atoms with E-state index in [1.807, 2.05) is 30.3 Å². The second kappa shape index (κ2) is 12.3. The fourth-order valence-corrected chi connectivity index (χ4v) is 4.99. The number of hydrogen-bond donors (Lipinski definition) is 3. The molecule has 0 bridgehead atoms. The first-order valence-electron chi connectivity index (χ1n) is 11.9. The minimum atomic E-state index is -0.923. The number of anilines is 1. The largest absolute Gasteiger partial charge is 0.453 e. The Morgan fingerprint density at radius 3 is 2.65 bits per heavy atom. The Morgan fingerprint density at radius 2 is 1.97 bits per heavy atom. The van der Waals surface area contributed by atoms with E-state index in [-0.39, 0.29) is 24.7 Å². The molecule has 0 unspecified atom stereocenters. The van der Waals surface area contributed by atoms with Crippen molar-refractivity contribution in [1.82, 2.24) is 15.2 Å². The minimum Gasteiger partial charge on any atom is -0.453 e. The Hall–Kier alpha value is -3.25. The third-order valence-electron chi connectivity index (χ3n) is 6.04. The van der Waals surface area contributed by atoms with Gasteiger partial charge in [0.15, 0.2) is 17.6 Å². The van der Waals surface area contributed by atoms with E-state index in [9.17, 15) is 14.7 Å². The number of rotatable bonds is 9. The van der Waals surface area contributed by atoms with E-state index < -0.39 is 24.3 Å². The first-order valence-corrected chi connectivity index (χ1v) is 12.9. The summed E-state index contributed by atoms with van der Waals surface area (Å²) in [5, 5.41) is 19.7. The fraction of sp³-hybridized carbons (Fsp3) is 0.385. The summed E-state index contributed by atoms with van der Waals surface area (Å²) in [6.45, 7) is 4.82. The zero-order chi connectivity index (χ0) is 26.4. The van der Waals surface area contributed by atoms with E-state index in [0.29, 0.717) is 16.6 Å². The molecule has 1 fully saturated rings. The van der Waals surface area contributed by atoms with Crippen LogP contribution in [0.3, 0.4) is 0 Å². The number of amides is 1. The van der Waals surface area contributed by atoms with Crippen LogP contribution in [0.5, 0.6) is 0 Å². The molecule has 2 heterocycles. The molecule has 1 aliphatic rings. The Kier molecular flexibility index (Phi) is 8.93. The van der Waals surface area contributed by atoms with Gasteiger partial charge in [0.1, 0.15) is 6.33 Å². The van der Waals surface area contributed by atoms with Gasteiger partial charge in [-0.1, -0.05) is 55.1 Å². The Balaban J connectivity index is 1.55. The van der Waals surface area contributed by atoms with E-state index in [1.165, 1.54) is 31.9 Å². The molecule has 11 heteroatoms. The summed E-state index contributed by atoms with van der Waals surface area (Å²) < 4.78 is 17.8. The summed E-state index contributed by atoms with van der Waals surface area (Å²) in [6.07, 6.45) is -0.602. The van der Waals surface area contributed by atoms with Gasteiger partial charge in [0.05, 0.1) is 18.8 Å². The molecular weight excluding hydrogens is 496 g/mol. The molecule has 0 spiro atoms. The second-order valence-corrected chi connectivity index (χ2v) is 9.80. The summed E-state index contributed by atoms with van der Waals surface area (Å²) in [7, 11) is 0. The predicted octanol–water partition coefficient (Wildman–Crippen LogP) is 3.77. The lowest BCUT2D eigenvalue weighted by Crippen LogP contribution is -2.38. The van der Waals surface area contributed by atoms with Crippen LogP contribution < -0.4 is 5.32 Å².